The Kier molecular flexibility index (Phi) is 4.12. The van der Waals surface area contributed by atoms with Crippen molar-refractivity contribution in [2.45, 2.75) is 6.92 Å². The molecule has 0 bridgehead atoms. The number of aryl methyl sites for hydroxylation is 1. The van der Waals surface area contributed by atoms with Crippen molar-refractivity contribution in [3.63, 3.8) is 0 Å². The number of rotatable bonds is 3. The summed E-state index contributed by atoms with van der Waals surface area (Å²) in [5, 5.41) is 2.85. The molecule has 0 radical (unpaired) electrons. The maximum atomic E-state index is 12.3. The first kappa shape index (κ1) is 16.8. The van der Waals surface area contributed by atoms with Crippen molar-refractivity contribution >= 4 is 29.2 Å². The number of hydrogen-bond acceptors (Lipinski definition) is 4. The number of para-hydroxylation sites is 1. The molecule has 1 amide bonds. The molecule has 0 saturated heterocycles. The van der Waals surface area contributed by atoms with Gasteiger partial charge in [-0.15, -0.1) is 0 Å². The summed E-state index contributed by atoms with van der Waals surface area (Å²) in [6.07, 6.45) is 1.75. The van der Waals surface area contributed by atoms with E-state index in [2.05, 4.69) is 5.32 Å². The first-order chi connectivity index (χ1) is 13.1. The highest BCUT2D eigenvalue weighted by molar-refractivity contribution is 6.34. The third kappa shape index (κ3) is 3.04. The molecule has 2 aromatic carbocycles. The topological polar surface area (TPSA) is 68.5 Å². The number of fused-ring (bicyclic) bond motifs is 1. The van der Waals surface area contributed by atoms with Gasteiger partial charge in [-0.2, -0.15) is 0 Å². The molecule has 0 fully saturated rings. The van der Waals surface area contributed by atoms with Crippen LogP contribution in [0.2, 0.25) is 0 Å². The fourth-order valence-corrected chi connectivity index (χ4v) is 3.11. The molecule has 1 N–H and O–H groups in total. The Morgan fingerprint density at radius 3 is 2.74 bits per heavy atom. The second-order valence-electron chi connectivity index (χ2n) is 6.29. The molecule has 5 heteroatoms. The lowest BCUT2D eigenvalue weighted by Gasteiger charge is -2.01. The Morgan fingerprint density at radius 2 is 1.93 bits per heavy atom. The Balaban J connectivity index is 1.73. The van der Waals surface area contributed by atoms with E-state index in [1.807, 2.05) is 43.3 Å². The van der Waals surface area contributed by atoms with Crippen molar-refractivity contribution < 1.29 is 18.7 Å². The molecule has 0 aliphatic carbocycles. The third-order valence-electron chi connectivity index (χ3n) is 4.51. The predicted molar refractivity (Wildman–Crippen MR) is 103 cm³/mol. The van der Waals surface area contributed by atoms with Crippen LogP contribution in [0.15, 0.2) is 59.0 Å². The highest BCUT2D eigenvalue weighted by atomic mass is 16.5. The summed E-state index contributed by atoms with van der Waals surface area (Å²) in [7, 11) is 1.35. The van der Waals surface area contributed by atoms with Gasteiger partial charge in [0.15, 0.2) is 0 Å². The highest BCUT2D eigenvalue weighted by Gasteiger charge is 2.24. The van der Waals surface area contributed by atoms with Crippen LogP contribution >= 0.6 is 0 Å². The number of carbonyl (C=O) groups is 2. The van der Waals surface area contributed by atoms with Crippen LogP contribution in [0.25, 0.3) is 23.0 Å². The van der Waals surface area contributed by atoms with Crippen molar-refractivity contribution in [2.75, 3.05) is 12.4 Å². The van der Waals surface area contributed by atoms with Gasteiger partial charge < -0.3 is 14.5 Å². The lowest BCUT2D eigenvalue weighted by molar-refractivity contribution is -0.110. The monoisotopic (exact) mass is 359 g/mol. The maximum absolute atomic E-state index is 12.3. The number of ether oxygens (including phenoxy) is 1. The molecule has 3 aromatic rings. The van der Waals surface area contributed by atoms with Crippen LogP contribution in [0, 0.1) is 6.92 Å². The van der Waals surface area contributed by atoms with Gasteiger partial charge in [0.2, 0.25) is 0 Å². The minimum atomic E-state index is -0.401. The summed E-state index contributed by atoms with van der Waals surface area (Å²) >= 11 is 0. The summed E-state index contributed by atoms with van der Waals surface area (Å²) in [5.74, 6) is 0.676. The number of amides is 1. The van der Waals surface area contributed by atoms with E-state index in [0.717, 1.165) is 22.4 Å². The van der Waals surface area contributed by atoms with Crippen molar-refractivity contribution in [3.05, 3.63) is 77.0 Å². The van der Waals surface area contributed by atoms with E-state index < -0.39 is 5.97 Å². The van der Waals surface area contributed by atoms with E-state index in [0.29, 0.717) is 22.7 Å². The van der Waals surface area contributed by atoms with E-state index in [9.17, 15) is 9.59 Å². The van der Waals surface area contributed by atoms with Crippen LogP contribution in [-0.2, 0) is 9.53 Å². The number of hydrogen-bond donors (Lipinski definition) is 1. The van der Waals surface area contributed by atoms with Gasteiger partial charge in [-0.25, -0.2) is 4.79 Å². The first-order valence-electron chi connectivity index (χ1n) is 8.48. The summed E-state index contributed by atoms with van der Waals surface area (Å²) in [4.78, 5) is 24.0. The Labute approximate surface area is 156 Å². The number of esters is 1. The Morgan fingerprint density at radius 1 is 1.11 bits per heavy atom. The summed E-state index contributed by atoms with van der Waals surface area (Å²) in [5.41, 5.74) is 4.34. The zero-order chi connectivity index (χ0) is 19.0. The van der Waals surface area contributed by atoms with Crippen LogP contribution in [0.4, 0.5) is 5.69 Å². The number of methoxy groups -OCH3 is 1. The standard InChI is InChI=1S/C22H17NO4/c1-13-10-20(14-6-5-7-15(11-14)22(25)26-2)27-19(13)12-17-16-8-3-4-9-18(16)23-21(17)24/h3-12H,1-2H3,(H,23,24)/b17-12+. The molecule has 1 aromatic heterocycles. The normalized spacial score (nSPS) is 14.1. The molecule has 2 heterocycles. The number of nitrogens with one attached hydrogen (secondary N) is 1. The van der Waals surface area contributed by atoms with Crippen LogP contribution in [0.3, 0.4) is 0 Å². The van der Waals surface area contributed by atoms with Gasteiger partial charge in [-0.05, 0) is 42.8 Å². The van der Waals surface area contributed by atoms with Gasteiger partial charge in [-0.3, -0.25) is 4.79 Å². The maximum Gasteiger partial charge on any atom is 0.337 e. The molecule has 134 valence electrons. The Hall–Kier alpha value is -3.60. The second-order valence-corrected chi connectivity index (χ2v) is 6.29. The molecular weight excluding hydrogens is 342 g/mol. The minimum absolute atomic E-state index is 0.152. The second kappa shape index (κ2) is 6.61. The quantitative estimate of drug-likeness (QED) is 0.551. The average molecular weight is 359 g/mol. The van der Waals surface area contributed by atoms with E-state index >= 15 is 0 Å². The van der Waals surface area contributed by atoms with Crippen LogP contribution < -0.4 is 5.32 Å². The molecule has 5 nitrogen and oxygen atoms in total. The van der Waals surface area contributed by atoms with Crippen molar-refractivity contribution in [3.8, 4) is 11.3 Å². The SMILES string of the molecule is COC(=O)c1cccc(-c2cc(C)c(/C=C3/C(=O)Nc4ccccc43)o2)c1. The van der Waals surface area contributed by atoms with Gasteiger partial charge in [-0.1, -0.05) is 30.3 Å². The van der Waals surface area contributed by atoms with Crippen molar-refractivity contribution in [2.24, 2.45) is 0 Å². The number of carbonyl (C=O) groups excluding carboxylic acids is 2. The van der Waals surface area contributed by atoms with Gasteiger partial charge in [0, 0.05) is 16.8 Å². The van der Waals surface area contributed by atoms with E-state index in [4.69, 9.17) is 9.15 Å². The third-order valence-corrected chi connectivity index (χ3v) is 4.51. The fourth-order valence-electron chi connectivity index (χ4n) is 3.11. The van der Waals surface area contributed by atoms with Gasteiger partial charge in [0.25, 0.3) is 5.91 Å². The van der Waals surface area contributed by atoms with Crippen molar-refractivity contribution in [1.82, 2.24) is 0 Å². The smallest absolute Gasteiger partial charge is 0.337 e. The highest BCUT2D eigenvalue weighted by Crippen LogP contribution is 2.35. The lowest BCUT2D eigenvalue weighted by atomic mass is 10.1. The molecule has 1 aliphatic rings. The lowest BCUT2D eigenvalue weighted by Crippen LogP contribution is -2.03. The Bertz CT molecular complexity index is 1090. The van der Waals surface area contributed by atoms with Crippen LogP contribution in [0.5, 0.6) is 0 Å². The van der Waals surface area contributed by atoms with E-state index in [-0.39, 0.29) is 5.91 Å². The predicted octanol–water partition coefficient (Wildman–Crippen LogP) is 4.53. The molecular formula is C22H17NO4. The molecule has 0 spiro atoms. The number of furan rings is 1. The van der Waals surface area contributed by atoms with Gasteiger partial charge in [0.05, 0.1) is 18.2 Å². The molecule has 0 saturated carbocycles. The van der Waals surface area contributed by atoms with Crippen LogP contribution in [-0.4, -0.2) is 19.0 Å². The van der Waals surface area contributed by atoms with E-state index in [1.54, 1.807) is 24.3 Å². The fraction of sp³-hybridized carbons (Fsp3) is 0.0909. The largest absolute Gasteiger partial charge is 0.465 e. The zero-order valence-corrected chi connectivity index (χ0v) is 14.9. The molecule has 4 rings (SSSR count). The summed E-state index contributed by atoms with van der Waals surface area (Å²) < 4.78 is 10.8. The first-order valence-corrected chi connectivity index (χ1v) is 8.48. The van der Waals surface area contributed by atoms with Gasteiger partial charge in [0.1, 0.15) is 11.5 Å². The van der Waals surface area contributed by atoms with E-state index in [1.165, 1.54) is 7.11 Å². The molecule has 0 unspecified atom stereocenters. The van der Waals surface area contributed by atoms with Crippen LogP contribution in [0.1, 0.15) is 27.2 Å². The zero-order valence-electron chi connectivity index (χ0n) is 14.9. The summed E-state index contributed by atoms with van der Waals surface area (Å²) in [6.45, 7) is 1.92. The molecule has 0 atom stereocenters. The molecule has 1 aliphatic heterocycles. The minimum Gasteiger partial charge on any atom is -0.465 e. The number of benzene rings is 2. The average Bonchev–Trinajstić information content (AvgIpc) is 3.21. The number of anilines is 1. The van der Waals surface area contributed by atoms with Crippen molar-refractivity contribution in [1.29, 1.82) is 0 Å². The molecule has 27 heavy (non-hydrogen) atoms. The van der Waals surface area contributed by atoms with Gasteiger partial charge >= 0.3 is 5.97 Å². The summed E-state index contributed by atoms with van der Waals surface area (Å²) in [6, 6.07) is 16.5.